The average molecular weight is 853 g/mol. The lowest BCUT2D eigenvalue weighted by molar-refractivity contribution is -0.136. The second-order valence-corrected chi connectivity index (χ2v) is 17.8. The summed E-state index contributed by atoms with van der Waals surface area (Å²) in [6.07, 6.45) is 8.57. The summed E-state index contributed by atoms with van der Waals surface area (Å²) in [5.74, 6) is -1.69. The minimum absolute atomic E-state index is 0.00120. The monoisotopic (exact) mass is 852 g/mol. The summed E-state index contributed by atoms with van der Waals surface area (Å²) in [5, 5.41) is 23.2. The first-order valence-electron chi connectivity index (χ1n) is 21.1. The minimum atomic E-state index is -1.10. The number of nitrogens with one attached hydrogen (secondary N) is 2. The van der Waals surface area contributed by atoms with Gasteiger partial charge in [0.1, 0.15) is 23.7 Å². The molecule has 1 aromatic heterocycles. The quantitative estimate of drug-likeness (QED) is 0.295. The number of nitriles is 1. The lowest BCUT2D eigenvalue weighted by atomic mass is 9.71. The van der Waals surface area contributed by atoms with E-state index in [1.54, 1.807) is 18.2 Å². The Morgan fingerprint density at radius 2 is 1.66 bits per heavy atom. The number of benzene rings is 2. The van der Waals surface area contributed by atoms with Crippen molar-refractivity contribution in [2.45, 2.75) is 82.4 Å². The van der Waals surface area contributed by atoms with Crippen molar-refractivity contribution in [2.24, 2.45) is 11.3 Å². The average Bonchev–Trinajstić information content (AvgIpc) is 3.48. The highest BCUT2D eigenvalue weighted by atomic mass is 35.5. The van der Waals surface area contributed by atoms with E-state index >= 15 is 4.39 Å². The van der Waals surface area contributed by atoms with E-state index < -0.39 is 35.5 Å². The first-order valence-corrected chi connectivity index (χ1v) is 21.5. The third kappa shape index (κ3) is 8.22. The molecule has 4 saturated heterocycles. The van der Waals surface area contributed by atoms with Crippen molar-refractivity contribution in [3.05, 3.63) is 69.8 Å². The summed E-state index contributed by atoms with van der Waals surface area (Å²) < 4.78 is 21.5. The highest BCUT2D eigenvalue weighted by molar-refractivity contribution is 6.31. The maximum atomic E-state index is 15.4. The Balaban J connectivity index is 0.692. The number of rotatable bonds is 9. The molecule has 1 unspecified atom stereocenters. The van der Waals surface area contributed by atoms with Gasteiger partial charge in [0, 0.05) is 56.7 Å². The number of imide groups is 2. The highest BCUT2D eigenvalue weighted by Crippen LogP contribution is 2.45. The van der Waals surface area contributed by atoms with Crippen LogP contribution in [0.2, 0.25) is 5.02 Å². The Morgan fingerprint density at radius 3 is 2.31 bits per heavy atom. The lowest BCUT2D eigenvalue weighted by Gasteiger charge is -2.55. The third-order valence-corrected chi connectivity index (χ3v) is 13.7. The molecule has 0 bridgehead atoms. The van der Waals surface area contributed by atoms with Gasteiger partial charge in [0.25, 0.3) is 17.7 Å². The predicted octanol–water partition coefficient (Wildman–Crippen LogP) is 3.88. The van der Waals surface area contributed by atoms with Gasteiger partial charge in [0.15, 0.2) is 5.69 Å². The Kier molecular flexibility index (Phi) is 11.1. The van der Waals surface area contributed by atoms with Crippen LogP contribution in [-0.4, -0.2) is 119 Å². The van der Waals surface area contributed by atoms with Crippen LogP contribution in [0.3, 0.4) is 0 Å². The van der Waals surface area contributed by atoms with E-state index in [4.69, 9.17) is 21.6 Å². The van der Waals surface area contributed by atoms with E-state index in [2.05, 4.69) is 35.6 Å². The van der Waals surface area contributed by atoms with Gasteiger partial charge in [-0.05, 0) is 101 Å². The van der Waals surface area contributed by atoms with Crippen LogP contribution in [0.1, 0.15) is 101 Å². The summed E-state index contributed by atoms with van der Waals surface area (Å²) in [6, 6.07) is 8.56. The Labute approximate surface area is 356 Å². The fourth-order valence-corrected chi connectivity index (χ4v) is 10.0. The van der Waals surface area contributed by atoms with Gasteiger partial charge in [0.05, 0.1) is 39.7 Å². The second-order valence-electron chi connectivity index (χ2n) is 17.3. The Hall–Kier alpha value is -5.73. The van der Waals surface area contributed by atoms with Crippen LogP contribution in [0, 0.1) is 28.5 Å². The van der Waals surface area contributed by atoms with E-state index in [1.807, 2.05) is 11.0 Å². The third-order valence-electron chi connectivity index (χ3n) is 13.4. The fourth-order valence-electron chi connectivity index (χ4n) is 9.82. The summed E-state index contributed by atoms with van der Waals surface area (Å²) in [7, 11) is 0. The smallest absolute Gasteiger partial charge is 0.273 e. The van der Waals surface area contributed by atoms with Gasteiger partial charge in [-0.15, -0.1) is 10.2 Å². The Morgan fingerprint density at radius 1 is 0.934 bits per heavy atom. The lowest BCUT2D eigenvalue weighted by Crippen LogP contribution is -2.61. The molecule has 1 saturated carbocycles. The van der Waals surface area contributed by atoms with Gasteiger partial charge in [-0.25, -0.2) is 9.37 Å². The molecule has 18 heteroatoms. The summed E-state index contributed by atoms with van der Waals surface area (Å²) in [4.78, 5) is 75.4. The summed E-state index contributed by atoms with van der Waals surface area (Å²) in [6.45, 7) is 5.84. The zero-order chi connectivity index (χ0) is 42.4. The highest BCUT2D eigenvalue weighted by Gasteiger charge is 2.48. The van der Waals surface area contributed by atoms with Crippen molar-refractivity contribution < 1.29 is 33.1 Å². The second kappa shape index (κ2) is 16.6. The molecule has 5 amide bonds. The molecule has 318 valence electrons. The van der Waals surface area contributed by atoms with Crippen LogP contribution in [0.15, 0.2) is 36.5 Å². The number of ether oxygens (including phenoxy) is 1. The molecule has 16 nitrogen and oxygen atoms in total. The zero-order valence-corrected chi connectivity index (χ0v) is 34.3. The Bertz CT molecular complexity index is 2290. The van der Waals surface area contributed by atoms with E-state index in [-0.39, 0.29) is 58.8 Å². The number of hydrogen-bond donors (Lipinski definition) is 2. The number of amides is 5. The van der Waals surface area contributed by atoms with E-state index in [0.717, 1.165) is 95.1 Å². The molecule has 6 aliphatic rings. The van der Waals surface area contributed by atoms with Crippen molar-refractivity contribution in [1.29, 1.82) is 5.26 Å². The normalized spacial score (nSPS) is 24.3. The van der Waals surface area contributed by atoms with E-state index in [0.29, 0.717) is 41.3 Å². The van der Waals surface area contributed by atoms with Crippen molar-refractivity contribution in [3.8, 4) is 11.8 Å². The number of fused-ring (bicyclic) bond motifs is 1. The van der Waals surface area contributed by atoms with Crippen LogP contribution >= 0.6 is 11.6 Å². The maximum absolute atomic E-state index is 15.4. The van der Waals surface area contributed by atoms with Crippen LogP contribution in [0.4, 0.5) is 16.0 Å². The van der Waals surface area contributed by atoms with Crippen molar-refractivity contribution >= 4 is 52.8 Å². The molecule has 2 aromatic carbocycles. The van der Waals surface area contributed by atoms with Crippen LogP contribution < -0.4 is 25.2 Å². The first kappa shape index (κ1) is 40.7. The summed E-state index contributed by atoms with van der Waals surface area (Å²) >= 11 is 6.14. The van der Waals surface area contributed by atoms with Gasteiger partial charge in [-0.2, -0.15) is 5.26 Å². The van der Waals surface area contributed by atoms with Crippen LogP contribution in [0.25, 0.3) is 0 Å². The van der Waals surface area contributed by atoms with Gasteiger partial charge < -0.3 is 24.8 Å². The van der Waals surface area contributed by atoms with Gasteiger partial charge in [-0.3, -0.25) is 34.2 Å². The number of anilines is 2. The molecule has 2 N–H and O–H groups in total. The molecule has 1 aliphatic carbocycles. The number of halogens is 2. The minimum Gasteiger partial charge on any atom is -0.490 e. The molecule has 0 radical (unpaired) electrons. The van der Waals surface area contributed by atoms with E-state index in [1.165, 1.54) is 12.3 Å². The number of carbonyl (C=O) groups is 5. The van der Waals surface area contributed by atoms with Crippen molar-refractivity contribution in [2.75, 3.05) is 55.6 Å². The van der Waals surface area contributed by atoms with Crippen LogP contribution in [0.5, 0.6) is 5.75 Å². The molecule has 1 spiro atoms. The number of aromatic nitrogens is 3. The largest absolute Gasteiger partial charge is 0.490 e. The molecule has 3 aromatic rings. The number of carbonyl (C=O) groups excluding carboxylic acids is 5. The standard InChI is InChI=1S/C43H46ClFN10O6/c44-32-17-29(4-1-26(32)20-46)61-28-5-2-27(3-6-28)48-38(57)34-21-47-42(51-50-34)53-13-9-25(10-14-53)22-52-15-11-43(12-16-52)23-54(24-43)36-19-31-30(18-33(36)45)40(59)55(41(31)60)35-7-8-37(56)49-39(35)58/h1,4,17-19,21,25,27-28,35H,2-3,5-16,22-24H2,(H,48,57)(H,49,56,58). The molecule has 5 aliphatic heterocycles. The van der Waals surface area contributed by atoms with E-state index in [9.17, 15) is 24.0 Å². The number of piperidine rings is 3. The topological polar surface area (TPSA) is 194 Å². The fraction of sp³-hybridized carbons (Fsp3) is 0.512. The predicted molar refractivity (Wildman–Crippen MR) is 218 cm³/mol. The molecule has 61 heavy (non-hydrogen) atoms. The molecule has 1 atom stereocenters. The number of hydrogen-bond acceptors (Lipinski definition) is 13. The molecule has 5 fully saturated rings. The zero-order valence-electron chi connectivity index (χ0n) is 33.6. The first-order chi connectivity index (χ1) is 29.5. The van der Waals surface area contributed by atoms with Crippen LogP contribution in [-0.2, 0) is 9.59 Å². The maximum Gasteiger partial charge on any atom is 0.273 e. The SMILES string of the molecule is N#Cc1ccc(OC2CCC(NC(=O)c3cnc(N4CCC(CN5CCC6(CC5)CN(c5cc7c(cc5F)C(=O)N(C5CCC(=O)NC5=O)C7=O)C6)CC4)nn3)CC2)cc1Cl. The molecule has 9 rings (SSSR count). The molecule has 6 heterocycles. The van der Waals surface area contributed by atoms with Crippen molar-refractivity contribution in [1.82, 2.24) is 35.6 Å². The van der Waals surface area contributed by atoms with Gasteiger partial charge in [-0.1, -0.05) is 11.6 Å². The molecular weight excluding hydrogens is 807 g/mol. The number of nitrogens with zero attached hydrogens (tertiary/aromatic N) is 8. The number of likely N-dealkylation sites (tertiary alicyclic amines) is 1. The molecular formula is C43H46ClFN10O6. The van der Waals surface area contributed by atoms with Gasteiger partial charge >= 0.3 is 0 Å². The van der Waals surface area contributed by atoms with Crippen molar-refractivity contribution in [3.63, 3.8) is 0 Å². The van der Waals surface area contributed by atoms with Gasteiger partial charge in [0.2, 0.25) is 17.8 Å². The summed E-state index contributed by atoms with van der Waals surface area (Å²) in [5.41, 5.74) is 0.972.